The maximum absolute atomic E-state index is 5.39. The molecule has 320 valence electrons. The lowest BCUT2D eigenvalue weighted by Gasteiger charge is -2.39. The van der Waals surface area contributed by atoms with Gasteiger partial charge in [-0.2, -0.15) is 0 Å². The number of hydrogen-bond acceptors (Lipinski definition) is 3. The van der Waals surface area contributed by atoms with E-state index in [9.17, 15) is 0 Å². The van der Waals surface area contributed by atoms with Crippen LogP contribution in [0.5, 0.6) is 0 Å². The minimum absolute atomic E-state index is 0.636. The van der Waals surface area contributed by atoms with Crippen molar-refractivity contribution < 1.29 is 0 Å². The van der Waals surface area contributed by atoms with Gasteiger partial charge in [0.2, 0.25) is 0 Å². The maximum atomic E-state index is 5.39. The third-order valence-corrected chi connectivity index (χ3v) is 14.8. The normalized spacial score (nSPS) is 14.4. The molecule has 1 spiro atoms. The van der Waals surface area contributed by atoms with E-state index in [1.54, 1.807) is 0 Å². The molecule has 15 rings (SSSR count). The fourth-order valence-corrected chi connectivity index (χ4v) is 12.1. The summed E-state index contributed by atoms with van der Waals surface area (Å²) >= 11 is 0. The molecule has 3 aromatic heterocycles. The van der Waals surface area contributed by atoms with Gasteiger partial charge in [-0.3, -0.25) is 0 Å². The molecule has 10 aromatic carbocycles. The lowest BCUT2D eigenvalue weighted by atomic mass is 9.65. The van der Waals surface area contributed by atoms with Crippen LogP contribution in [0.2, 0.25) is 0 Å². The highest BCUT2D eigenvalue weighted by Gasteiger charge is 2.51. The molecule has 0 saturated heterocycles. The van der Waals surface area contributed by atoms with Crippen molar-refractivity contribution in [2.24, 2.45) is 0 Å². The van der Waals surface area contributed by atoms with Crippen LogP contribution in [0, 0.1) is 0 Å². The molecule has 0 radical (unpaired) electrons. The van der Waals surface area contributed by atoms with Gasteiger partial charge < -0.3 is 9.13 Å². The summed E-state index contributed by atoms with van der Waals surface area (Å²) in [5.41, 5.74) is 18.9. The van der Waals surface area contributed by atoms with Crippen molar-refractivity contribution in [3.63, 3.8) is 0 Å². The summed E-state index contributed by atoms with van der Waals surface area (Å²) < 4.78 is 4.90. The SMILES string of the molecule is c1ccc(-c2nc(-c3ccccc3)nc(-c3cccc4c3-c3cc(-c5cccc6c5c5ccccc5n6-c5ccccc5)ccc3C43c4ccccc4-n4c5ccccc5c5cccc3c54)n2)cc1. The van der Waals surface area contributed by atoms with E-state index in [0.29, 0.717) is 17.5 Å². The zero-order chi connectivity index (χ0) is 45.2. The first kappa shape index (κ1) is 38.0. The van der Waals surface area contributed by atoms with E-state index < -0.39 is 5.41 Å². The van der Waals surface area contributed by atoms with Gasteiger partial charge in [0.05, 0.1) is 33.2 Å². The van der Waals surface area contributed by atoms with E-state index in [0.717, 1.165) is 33.5 Å². The molecule has 4 heterocycles. The second-order valence-electron chi connectivity index (χ2n) is 18.2. The first-order chi connectivity index (χ1) is 34.3. The van der Waals surface area contributed by atoms with Gasteiger partial charge in [0, 0.05) is 43.9 Å². The summed E-state index contributed by atoms with van der Waals surface area (Å²) in [6, 6.07) is 85.7. The summed E-state index contributed by atoms with van der Waals surface area (Å²) in [6.07, 6.45) is 0. The Balaban J connectivity index is 1.07. The largest absolute Gasteiger partial charge is 0.309 e. The number of benzene rings is 10. The quantitative estimate of drug-likeness (QED) is 0.173. The van der Waals surface area contributed by atoms with Crippen LogP contribution < -0.4 is 0 Å². The van der Waals surface area contributed by atoms with E-state index in [4.69, 9.17) is 15.0 Å². The van der Waals surface area contributed by atoms with Gasteiger partial charge in [-0.15, -0.1) is 0 Å². The van der Waals surface area contributed by atoms with Crippen LogP contribution >= 0.6 is 0 Å². The lowest BCUT2D eigenvalue weighted by molar-refractivity contribution is 0.748. The first-order valence-corrected chi connectivity index (χ1v) is 23.6. The van der Waals surface area contributed by atoms with Gasteiger partial charge in [0.1, 0.15) is 0 Å². The fraction of sp³-hybridized carbons (Fsp3) is 0.0156. The maximum Gasteiger partial charge on any atom is 0.164 e. The van der Waals surface area contributed by atoms with Crippen molar-refractivity contribution in [2.75, 3.05) is 0 Å². The zero-order valence-corrected chi connectivity index (χ0v) is 37.3. The monoisotopic (exact) mass is 877 g/mol. The highest BCUT2D eigenvalue weighted by atomic mass is 15.0. The second-order valence-corrected chi connectivity index (χ2v) is 18.2. The molecule has 69 heavy (non-hydrogen) atoms. The molecule has 1 aliphatic carbocycles. The number of para-hydroxylation sites is 5. The zero-order valence-electron chi connectivity index (χ0n) is 37.3. The standard InChI is InChI=1S/C64H39N5/c1-4-19-40(20-5-1)61-65-62(41-21-6-2-7-22-41)67-63(66-61)48-29-17-31-52-58(48)49-39-42(44-27-18-36-57-59(44)47-26-11-14-34-55(47)68(57)43-23-8-3-9-24-43)37-38-50(49)64(52)51-30-12-15-35-56(51)69-54-33-13-10-25-45(54)46-28-16-32-53(64)60(46)69/h1-39H. The Morgan fingerprint density at radius 2 is 0.870 bits per heavy atom. The first-order valence-electron chi connectivity index (χ1n) is 23.6. The summed E-state index contributed by atoms with van der Waals surface area (Å²) in [4.78, 5) is 15.9. The van der Waals surface area contributed by atoms with E-state index in [2.05, 4.69) is 209 Å². The lowest BCUT2D eigenvalue weighted by Crippen LogP contribution is -2.33. The van der Waals surface area contributed by atoms with Crippen molar-refractivity contribution >= 4 is 43.6 Å². The van der Waals surface area contributed by atoms with Crippen LogP contribution in [0.15, 0.2) is 237 Å². The molecule has 0 N–H and O–H groups in total. The van der Waals surface area contributed by atoms with Crippen molar-refractivity contribution in [1.82, 2.24) is 24.1 Å². The van der Waals surface area contributed by atoms with Crippen molar-refractivity contribution in [1.29, 1.82) is 0 Å². The minimum Gasteiger partial charge on any atom is -0.309 e. The molecule has 0 fully saturated rings. The molecule has 0 saturated carbocycles. The van der Waals surface area contributed by atoms with Crippen molar-refractivity contribution in [2.45, 2.75) is 5.41 Å². The number of fused-ring (bicyclic) bond motifs is 15. The predicted octanol–water partition coefficient (Wildman–Crippen LogP) is 15.4. The minimum atomic E-state index is -0.674. The predicted molar refractivity (Wildman–Crippen MR) is 281 cm³/mol. The smallest absolute Gasteiger partial charge is 0.164 e. The number of hydrogen-bond donors (Lipinski definition) is 0. The molecule has 0 bridgehead atoms. The molecule has 5 heteroatoms. The van der Waals surface area contributed by atoms with Gasteiger partial charge in [-0.05, 0) is 87.0 Å². The van der Waals surface area contributed by atoms with Crippen LogP contribution in [-0.4, -0.2) is 24.1 Å². The molecule has 13 aromatic rings. The summed E-state index contributed by atoms with van der Waals surface area (Å²) in [6.45, 7) is 0. The van der Waals surface area contributed by atoms with Crippen LogP contribution in [0.4, 0.5) is 0 Å². The Morgan fingerprint density at radius 3 is 1.64 bits per heavy atom. The van der Waals surface area contributed by atoms with E-state index in [1.165, 1.54) is 82.7 Å². The molecule has 1 atom stereocenters. The van der Waals surface area contributed by atoms with Gasteiger partial charge in [0.15, 0.2) is 17.5 Å². The third kappa shape index (κ3) is 5.21. The average molecular weight is 878 g/mol. The number of aromatic nitrogens is 5. The van der Waals surface area contributed by atoms with E-state index in [-0.39, 0.29) is 0 Å². The van der Waals surface area contributed by atoms with Gasteiger partial charge in [-0.1, -0.05) is 194 Å². The Labute approximate surface area is 397 Å². The molecule has 5 nitrogen and oxygen atoms in total. The van der Waals surface area contributed by atoms with Gasteiger partial charge in [-0.25, -0.2) is 15.0 Å². The highest BCUT2D eigenvalue weighted by molar-refractivity contribution is 6.17. The highest BCUT2D eigenvalue weighted by Crippen LogP contribution is 2.63. The van der Waals surface area contributed by atoms with Crippen LogP contribution in [-0.2, 0) is 5.41 Å². The summed E-state index contributed by atoms with van der Waals surface area (Å²) in [5.74, 6) is 1.91. The fourth-order valence-electron chi connectivity index (χ4n) is 12.1. The summed E-state index contributed by atoms with van der Waals surface area (Å²) in [5, 5.41) is 4.95. The third-order valence-electron chi connectivity index (χ3n) is 14.8. The van der Waals surface area contributed by atoms with Crippen LogP contribution in [0.1, 0.15) is 22.3 Å². The molecular weight excluding hydrogens is 839 g/mol. The Bertz CT molecular complexity index is 4190. The van der Waals surface area contributed by atoms with Crippen LogP contribution in [0.25, 0.3) is 111 Å². The Hall–Kier alpha value is -9.19. The van der Waals surface area contributed by atoms with E-state index in [1.807, 2.05) is 36.4 Å². The Morgan fingerprint density at radius 1 is 0.319 bits per heavy atom. The number of rotatable bonds is 5. The van der Waals surface area contributed by atoms with Crippen molar-refractivity contribution in [3.05, 3.63) is 259 Å². The van der Waals surface area contributed by atoms with Gasteiger partial charge in [0.25, 0.3) is 0 Å². The topological polar surface area (TPSA) is 48.5 Å². The molecule has 1 aliphatic heterocycles. The molecule has 1 unspecified atom stereocenters. The Kier molecular flexibility index (Phi) is 7.93. The second kappa shape index (κ2) is 14.4. The average Bonchev–Trinajstić information content (AvgIpc) is 4.06. The summed E-state index contributed by atoms with van der Waals surface area (Å²) in [7, 11) is 0. The van der Waals surface area contributed by atoms with Crippen LogP contribution in [0.3, 0.4) is 0 Å². The van der Waals surface area contributed by atoms with Gasteiger partial charge >= 0.3 is 0 Å². The molecule has 0 amide bonds. The molecule has 2 aliphatic rings. The molecular formula is C64H39N5. The van der Waals surface area contributed by atoms with E-state index >= 15 is 0 Å². The number of nitrogens with zero attached hydrogens (tertiary/aromatic N) is 5. The van der Waals surface area contributed by atoms with Crippen molar-refractivity contribution in [3.8, 4) is 67.8 Å².